The van der Waals surface area contributed by atoms with Crippen molar-refractivity contribution in [2.45, 2.75) is 20.8 Å². The lowest BCUT2D eigenvalue weighted by Gasteiger charge is -2.06. The molecule has 0 radical (unpaired) electrons. The molecule has 1 aromatic carbocycles. The summed E-state index contributed by atoms with van der Waals surface area (Å²) in [4.78, 5) is 12.0. The summed E-state index contributed by atoms with van der Waals surface area (Å²) < 4.78 is 13.6. The number of anilines is 1. The second-order valence-electron chi connectivity index (χ2n) is 4.25. The van der Waals surface area contributed by atoms with Crippen LogP contribution >= 0.6 is 0 Å². The van der Waals surface area contributed by atoms with E-state index in [1.165, 1.54) is 12.1 Å². The first-order valence-electron chi connectivity index (χ1n) is 5.58. The third kappa shape index (κ3) is 2.25. The van der Waals surface area contributed by atoms with E-state index < -0.39 is 11.7 Å². The van der Waals surface area contributed by atoms with Crippen molar-refractivity contribution in [1.29, 1.82) is 0 Å². The van der Waals surface area contributed by atoms with Crippen molar-refractivity contribution >= 4 is 11.6 Å². The average molecular weight is 247 g/mol. The number of hydrogen-bond donors (Lipinski definition) is 2. The summed E-state index contributed by atoms with van der Waals surface area (Å²) in [6, 6.07) is 4.52. The number of aromatic amines is 1. The van der Waals surface area contributed by atoms with Crippen LogP contribution in [0.2, 0.25) is 0 Å². The summed E-state index contributed by atoms with van der Waals surface area (Å²) in [7, 11) is 0. The molecule has 0 aliphatic rings. The standard InChI is InChI=1S/C13H14FN3O/c1-7-4-5-10(11(14)6-7)13(18)15-12-8(2)16-17-9(12)3/h4-6H,1-3H3,(H,15,18)(H,16,17). The van der Waals surface area contributed by atoms with Gasteiger partial charge in [-0.3, -0.25) is 9.89 Å². The van der Waals surface area contributed by atoms with Gasteiger partial charge in [-0.2, -0.15) is 5.10 Å². The van der Waals surface area contributed by atoms with Gasteiger partial charge < -0.3 is 5.32 Å². The number of amides is 1. The van der Waals surface area contributed by atoms with Crippen LogP contribution in [0.1, 0.15) is 27.3 Å². The fourth-order valence-electron chi connectivity index (χ4n) is 1.72. The molecule has 1 aromatic heterocycles. The molecule has 0 spiro atoms. The fraction of sp³-hybridized carbons (Fsp3) is 0.231. The molecule has 0 unspecified atom stereocenters. The first-order chi connectivity index (χ1) is 8.49. The van der Waals surface area contributed by atoms with Crippen molar-refractivity contribution in [1.82, 2.24) is 10.2 Å². The van der Waals surface area contributed by atoms with Gasteiger partial charge in [-0.15, -0.1) is 0 Å². The van der Waals surface area contributed by atoms with E-state index >= 15 is 0 Å². The molecule has 0 fully saturated rings. The first kappa shape index (κ1) is 12.3. The van der Waals surface area contributed by atoms with Gasteiger partial charge in [0.25, 0.3) is 5.91 Å². The largest absolute Gasteiger partial charge is 0.319 e. The van der Waals surface area contributed by atoms with E-state index in [1.54, 1.807) is 26.8 Å². The topological polar surface area (TPSA) is 57.8 Å². The molecule has 0 saturated carbocycles. The number of nitrogens with one attached hydrogen (secondary N) is 2. The molecular formula is C13H14FN3O. The monoisotopic (exact) mass is 247 g/mol. The van der Waals surface area contributed by atoms with Crippen LogP contribution in [0.15, 0.2) is 18.2 Å². The zero-order valence-electron chi connectivity index (χ0n) is 10.5. The second kappa shape index (κ2) is 4.60. The van der Waals surface area contributed by atoms with Gasteiger partial charge in [0, 0.05) is 0 Å². The van der Waals surface area contributed by atoms with Gasteiger partial charge in [-0.1, -0.05) is 6.07 Å². The number of carbonyl (C=O) groups is 1. The summed E-state index contributed by atoms with van der Waals surface area (Å²) in [6.45, 7) is 5.33. The van der Waals surface area contributed by atoms with Crippen LogP contribution in [0, 0.1) is 26.6 Å². The number of halogens is 1. The molecule has 4 nitrogen and oxygen atoms in total. The van der Waals surface area contributed by atoms with E-state index in [0.717, 1.165) is 11.3 Å². The number of benzene rings is 1. The second-order valence-corrected chi connectivity index (χ2v) is 4.25. The van der Waals surface area contributed by atoms with Gasteiger partial charge in [0.05, 0.1) is 22.6 Å². The van der Waals surface area contributed by atoms with Crippen molar-refractivity contribution in [2.75, 3.05) is 5.32 Å². The minimum Gasteiger partial charge on any atom is -0.319 e. The predicted octanol–water partition coefficient (Wildman–Crippen LogP) is 2.73. The minimum absolute atomic E-state index is 0.0283. The molecule has 0 aliphatic heterocycles. The van der Waals surface area contributed by atoms with Crippen LogP contribution in [0.5, 0.6) is 0 Å². The molecule has 1 heterocycles. The SMILES string of the molecule is Cc1ccc(C(=O)Nc2c(C)n[nH]c2C)c(F)c1. The Kier molecular flexibility index (Phi) is 3.14. The van der Waals surface area contributed by atoms with Crippen LogP contribution < -0.4 is 5.32 Å². The highest BCUT2D eigenvalue weighted by Crippen LogP contribution is 2.18. The van der Waals surface area contributed by atoms with E-state index in [-0.39, 0.29) is 5.56 Å². The van der Waals surface area contributed by atoms with Crippen molar-refractivity contribution in [3.8, 4) is 0 Å². The summed E-state index contributed by atoms with van der Waals surface area (Å²) >= 11 is 0. The summed E-state index contributed by atoms with van der Waals surface area (Å²) in [5, 5.41) is 9.39. The molecule has 0 atom stereocenters. The minimum atomic E-state index is -0.522. The highest BCUT2D eigenvalue weighted by atomic mass is 19.1. The molecule has 2 aromatic rings. The van der Waals surface area contributed by atoms with Crippen molar-refractivity contribution in [3.05, 3.63) is 46.5 Å². The van der Waals surface area contributed by atoms with Gasteiger partial charge in [-0.25, -0.2) is 4.39 Å². The van der Waals surface area contributed by atoms with E-state index in [2.05, 4.69) is 15.5 Å². The van der Waals surface area contributed by atoms with Crippen LogP contribution in [0.4, 0.5) is 10.1 Å². The van der Waals surface area contributed by atoms with Crippen molar-refractivity contribution in [2.24, 2.45) is 0 Å². The molecule has 18 heavy (non-hydrogen) atoms. The number of hydrogen-bond acceptors (Lipinski definition) is 2. The Hall–Kier alpha value is -2.17. The van der Waals surface area contributed by atoms with E-state index in [4.69, 9.17) is 0 Å². The quantitative estimate of drug-likeness (QED) is 0.857. The number of aryl methyl sites for hydroxylation is 3. The molecule has 0 bridgehead atoms. The summed E-state index contributed by atoms with van der Waals surface area (Å²) in [6.07, 6.45) is 0. The van der Waals surface area contributed by atoms with Crippen LogP contribution in [-0.4, -0.2) is 16.1 Å². The Balaban J connectivity index is 2.28. The number of carbonyl (C=O) groups excluding carboxylic acids is 1. The predicted molar refractivity (Wildman–Crippen MR) is 67.2 cm³/mol. The number of nitrogens with zero attached hydrogens (tertiary/aromatic N) is 1. The van der Waals surface area contributed by atoms with E-state index in [1.807, 2.05) is 0 Å². The highest BCUT2D eigenvalue weighted by molar-refractivity contribution is 6.05. The van der Waals surface area contributed by atoms with E-state index in [9.17, 15) is 9.18 Å². The Morgan fingerprint density at radius 3 is 2.61 bits per heavy atom. The number of rotatable bonds is 2. The fourth-order valence-corrected chi connectivity index (χ4v) is 1.72. The molecule has 5 heteroatoms. The maximum absolute atomic E-state index is 13.6. The van der Waals surface area contributed by atoms with Gasteiger partial charge in [0.15, 0.2) is 0 Å². The highest BCUT2D eigenvalue weighted by Gasteiger charge is 2.15. The molecule has 94 valence electrons. The lowest BCUT2D eigenvalue weighted by Crippen LogP contribution is -2.14. The lowest BCUT2D eigenvalue weighted by molar-refractivity contribution is 0.102. The summed E-state index contributed by atoms with van der Waals surface area (Å²) in [5.41, 5.74) is 2.82. The Morgan fingerprint density at radius 2 is 2.06 bits per heavy atom. The van der Waals surface area contributed by atoms with E-state index in [0.29, 0.717) is 11.4 Å². The molecular weight excluding hydrogens is 233 g/mol. The van der Waals surface area contributed by atoms with Crippen LogP contribution in [-0.2, 0) is 0 Å². The van der Waals surface area contributed by atoms with Gasteiger partial charge >= 0.3 is 0 Å². The van der Waals surface area contributed by atoms with Crippen LogP contribution in [0.3, 0.4) is 0 Å². The van der Waals surface area contributed by atoms with Crippen molar-refractivity contribution in [3.63, 3.8) is 0 Å². The van der Waals surface area contributed by atoms with Crippen molar-refractivity contribution < 1.29 is 9.18 Å². The Labute approximate surface area is 104 Å². The molecule has 2 N–H and O–H groups in total. The third-order valence-electron chi connectivity index (χ3n) is 2.74. The van der Waals surface area contributed by atoms with Gasteiger partial charge in [0.2, 0.25) is 0 Å². The average Bonchev–Trinajstić information content (AvgIpc) is 2.60. The smallest absolute Gasteiger partial charge is 0.258 e. The molecule has 1 amide bonds. The maximum Gasteiger partial charge on any atom is 0.258 e. The normalized spacial score (nSPS) is 10.4. The van der Waals surface area contributed by atoms with Crippen LogP contribution in [0.25, 0.3) is 0 Å². The number of aromatic nitrogens is 2. The first-order valence-corrected chi connectivity index (χ1v) is 5.58. The zero-order valence-corrected chi connectivity index (χ0v) is 10.5. The molecule has 0 saturated heterocycles. The zero-order chi connectivity index (χ0) is 13.3. The summed E-state index contributed by atoms with van der Waals surface area (Å²) in [5.74, 6) is -0.994. The lowest BCUT2D eigenvalue weighted by atomic mass is 10.1. The Morgan fingerprint density at radius 1 is 1.33 bits per heavy atom. The Bertz CT molecular complexity index is 585. The van der Waals surface area contributed by atoms with Gasteiger partial charge in [-0.05, 0) is 38.5 Å². The number of H-pyrrole nitrogens is 1. The molecule has 0 aliphatic carbocycles. The third-order valence-corrected chi connectivity index (χ3v) is 2.74. The maximum atomic E-state index is 13.6. The van der Waals surface area contributed by atoms with Gasteiger partial charge in [0.1, 0.15) is 5.82 Å². The molecule has 2 rings (SSSR count).